The van der Waals surface area contributed by atoms with Gasteiger partial charge in [-0.3, -0.25) is 5.84 Å². The number of halogens is 1. The Morgan fingerprint density at radius 1 is 1.40 bits per heavy atom. The van der Waals surface area contributed by atoms with Crippen molar-refractivity contribution in [2.24, 2.45) is 5.84 Å². The second kappa shape index (κ2) is 5.52. The highest BCUT2D eigenvalue weighted by molar-refractivity contribution is 5.78. The zero-order valence-corrected chi connectivity index (χ0v) is 12.4. The Balaban J connectivity index is 2.48. The van der Waals surface area contributed by atoms with E-state index in [0.29, 0.717) is 11.3 Å². The molecule has 1 aromatic heterocycles. The first kappa shape index (κ1) is 15.0. The summed E-state index contributed by atoms with van der Waals surface area (Å²) in [4.78, 5) is 2.12. The zero-order chi connectivity index (χ0) is 14.9. The van der Waals surface area contributed by atoms with Gasteiger partial charge in [-0.25, -0.2) is 9.82 Å². The van der Waals surface area contributed by atoms with Gasteiger partial charge in [-0.2, -0.15) is 0 Å². The molecule has 0 radical (unpaired) electrons. The molecule has 0 spiro atoms. The second-order valence-electron chi connectivity index (χ2n) is 5.54. The molecule has 3 N–H and O–H groups in total. The first-order chi connectivity index (χ1) is 9.42. The van der Waals surface area contributed by atoms with Crippen LogP contribution in [-0.4, -0.2) is 24.5 Å². The summed E-state index contributed by atoms with van der Waals surface area (Å²) in [6, 6.07) is 6.17. The lowest BCUT2D eigenvalue weighted by Gasteiger charge is -2.41. The van der Waals surface area contributed by atoms with Crippen LogP contribution in [0.4, 0.5) is 4.39 Å². The van der Waals surface area contributed by atoms with E-state index in [9.17, 15) is 4.39 Å². The van der Waals surface area contributed by atoms with Gasteiger partial charge < -0.3 is 9.32 Å². The second-order valence-corrected chi connectivity index (χ2v) is 5.54. The summed E-state index contributed by atoms with van der Waals surface area (Å²) in [6.07, 6.45) is 0.889. The monoisotopic (exact) mass is 279 g/mol. The lowest BCUT2D eigenvalue weighted by molar-refractivity contribution is 0.102. The molecule has 110 valence electrons. The van der Waals surface area contributed by atoms with Crippen LogP contribution < -0.4 is 11.3 Å². The van der Waals surface area contributed by atoms with Crippen molar-refractivity contribution in [2.75, 3.05) is 14.1 Å². The number of hydrogen-bond donors (Lipinski definition) is 2. The van der Waals surface area contributed by atoms with Crippen molar-refractivity contribution < 1.29 is 8.81 Å². The summed E-state index contributed by atoms with van der Waals surface area (Å²) in [5.74, 6) is 6.19. The number of hydrazine groups is 1. The zero-order valence-electron chi connectivity index (χ0n) is 12.4. The van der Waals surface area contributed by atoms with Gasteiger partial charge in [0.15, 0.2) is 0 Å². The highest BCUT2D eigenvalue weighted by Gasteiger charge is 2.37. The Kier molecular flexibility index (Phi) is 4.13. The number of nitrogens with one attached hydrogen (secondary N) is 1. The van der Waals surface area contributed by atoms with Crippen molar-refractivity contribution in [3.63, 3.8) is 0 Å². The summed E-state index contributed by atoms with van der Waals surface area (Å²) in [7, 11) is 4.02. The molecule has 2 atom stereocenters. The molecule has 0 saturated carbocycles. The number of rotatable bonds is 5. The van der Waals surface area contributed by atoms with Crippen LogP contribution in [0.2, 0.25) is 0 Å². The predicted molar refractivity (Wildman–Crippen MR) is 78.6 cm³/mol. The molecule has 4 nitrogen and oxygen atoms in total. The summed E-state index contributed by atoms with van der Waals surface area (Å²) in [6.45, 7) is 4.22. The largest absolute Gasteiger partial charge is 0.459 e. The van der Waals surface area contributed by atoms with Crippen LogP contribution in [0.25, 0.3) is 11.0 Å². The van der Waals surface area contributed by atoms with Gasteiger partial charge in [-0.05, 0) is 51.7 Å². The maximum Gasteiger partial charge on any atom is 0.134 e. The van der Waals surface area contributed by atoms with Gasteiger partial charge >= 0.3 is 0 Å². The van der Waals surface area contributed by atoms with E-state index in [1.165, 1.54) is 12.1 Å². The van der Waals surface area contributed by atoms with E-state index in [2.05, 4.69) is 24.2 Å². The normalized spacial score (nSPS) is 16.6. The number of nitrogens with two attached hydrogens (primary N) is 1. The Labute approximate surface area is 118 Å². The summed E-state index contributed by atoms with van der Waals surface area (Å²) in [5, 5.41) is 0.748. The molecule has 0 aliphatic carbocycles. The summed E-state index contributed by atoms with van der Waals surface area (Å²) in [5.41, 5.74) is 3.30. The average Bonchev–Trinajstić information content (AvgIpc) is 2.81. The molecule has 5 heteroatoms. The molecule has 0 aliphatic rings. The smallest absolute Gasteiger partial charge is 0.134 e. The maximum atomic E-state index is 13.3. The van der Waals surface area contributed by atoms with Crippen LogP contribution in [0.3, 0.4) is 0 Å². The van der Waals surface area contributed by atoms with E-state index in [-0.39, 0.29) is 17.4 Å². The first-order valence-corrected chi connectivity index (χ1v) is 6.75. The van der Waals surface area contributed by atoms with Crippen LogP contribution in [0, 0.1) is 5.82 Å². The lowest BCUT2D eigenvalue weighted by Crippen LogP contribution is -2.52. The van der Waals surface area contributed by atoms with Crippen LogP contribution in [0.5, 0.6) is 0 Å². The molecule has 0 bridgehead atoms. The van der Waals surface area contributed by atoms with Crippen LogP contribution in [0.1, 0.15) is 32.1 Å². The SMILES string of the molecule is CCC(C)(C(NN)c1cc2cc(F)ccc2o1)N(C)C. The van der Waals surface area contributed by atoms with Crippen LogP contribution in [-0.2, 0) is 0 Å². The van der Waals surface area contributed by atoms with Crippen LogP contribution >= 0.6 is 0 Å². The molecule has 0 fully saturated rings. The van der Waals surface area contributed by atoms with E-state index < -0.39 is 0 Å². The number of fused-ring (bicyclic) bond motifs is 1. The third-order valence-corrected chi connectivity index (χ3v) is 4.31. The number of furan rings is 1. The standard InChI is InChI=1S/C15H22FN3O/c1-5-15(2,19(3)4)14(18-17)13-9-10-8-11(16)6-7-12(10)20-13/h6-9,14,18H,5,17H2,1-4H3. The fourth-order valence-corrected chi connectivity index (χ4v) is 2.52. The van der Waals surface area contributed by atoms with Gasteiger partial charge in [-0.1, -0.05) is 6.92 Å². The van der Waals surface area contributed by atoms with E-state index >= 15 is 0 Å². The van der Waals surface area contributed by atoms with E-state index in [4.69, 9.17) is 10.3 Å². The van der Waals surface area contributed by atoms with E-state index in [0.717, 1.165) is 11.8 Å². The van der Waals surface area contributed by atoms with Gasteiger partial charge in [0.1, 0.15) is 17.2 Å². The van der Waals surface area contributed by atoms with E-state index in [1.807, 2.05) is 20.2 Å². The number of likely N-dealkylation sites (N-methyl/N-ethyl adjacent to an activating group) is 1. The molecular formula is C15H22FN3O. The average molecular weight is 279 g/mol. The topological polar surface area (TPSA) is 54.4 Å². The molecule has 2 aromatic rings. The van der Waals surface area contributed by atoms with Crippen molar-refractivity contribution in [2.45, 2.75) is 31.8 Å². The van der Waals surface area contributed by atoms with Gasteiger partial charge in [0, 0.05) is 10.9 Å². The summed E-state index contributed by atoms with van der Waals surface area (Å²) < 4.78 is 19.1. The predicted octanol–water partition coefficient (Wildman–Crippen LogP) is 2.81. The van der Waals surface area contributed by atoms with Crippen molar-refractivity contribution in [1.29, 1.82) is 0 Å². The molecule has 0 amide bonds. The minimum Gasteiger partial charge on any atom is -0.459 e. The maximum absolute atomic E-state index is 13.3. The molecule has 0 saturated heterocycles. The Hall–Kier alpha value is -1.43. The van der Waals surface area contributed by atoms with Crippen molar-refractivity contribution >= 4 is 11.0 Å². The number of benzene rings is 1. The highest BCUT2D eigenvalue weighted by Crippen LogP contribution is 2.35. The fourth-order valence-electron chi connectivity index (χ4n) is 2.52. The molecule has 1 heterocycles. The minimum atomic E-state index is -0.270. The molecular weight excluding hydrogens is 257 g/mol. The third kappa shape index (κ3) is 2.44. The fraction of sp³-hybridized carbons (Fsp3) is 0.467. The van der Waals surface area contributed by atoms with Gasteiger partial charge in [0.25, 0.3) is 0 Å². The first-order valence-electron chi connectivity index (χ1n) is 6.75. The molecule has 2 unspecified atom stereocenters. The quantitative estimate of drug-likeness (QED) is 0.653. The Morgan fingerprint density at radius 3 is 2.65 bits per heavy atom. The highest BCUT2D eigenvalue weighted by atomic mass is 19.1. The molecule has 2 rings (SSSR count). The molecule has 20 heavy (non-hydrogen) atoms. The summed E-state index contributed by atoms with van der Waals surface area (Å²) >= 11 is 0. The lowest BCUT2D eigenvalue weighted by atomic mass is 9.86. The number of hydrogen-bond acceptors (Lipinski definition) is 4. The Bertz CT molecular complexity index is 596. The third-order valence-electron chi connectivity index (χ3n) is 4.31. The van der Waals surface area contributed by atoms with E-state index in [1.54, 1.807) is 6.07 Å². The van der Waals surface area contributed by atoms with Crippen molar-refractivity contribution in [3.8, 4) is 0 Å². The molecule has 0 aliphatic heterocycles. The minimum absolute atomic E-state index is 0.182. The van der Waals surface area contributed by atoms with Gasteiger partial charge in [-0.15, -0.1) is 0 Å². The molecule has 1 aromatic carbocycles. The van der Waals surface area contributed by atoms with Crippen molar-refractivity contribution in [3.05, 3.63) is 35.8 Å². The van der Waals surface area contributed by atoms with Crippen LogP contribution in [0.15, 0.2) is 28.7 Å². The Morgan fingerprint density at radius 2 is 2.10 bits per heavy atom. The van der Waals surface area contributed by atoms with Gasteiger partial charge in [0.05, 0.1) is 6.04 Å². The van der Waals surface area contributed by atoms with Gasteiger partial charge in [0.2, 0.25) is 0 Å². The van der Waals surface area contributed by atoms with Crippen molar-refractivity contribution in [1.82, 2.24) is 10.3 Å². The number of nitrogens with zero attached hydrogens (tertiary/aromatic N) is 1.